The molecule has 5 heteroatoms. The van der Waals surface area contributed by atoms with Crippen LogP contribution in [0.1, 0.15) is 47.5 Å². The Morgan fingerprint density at radius 1 is 1.27 bits per heavy atom. The smallest absolute Gasteiger partial charge is 0.263 e. The lowest BCUT2D eigenvalue weighted by Gasteiger charge is -2.34. The van der Waals surface area contributed by atoms with Crippen molar-refractivity contribution in [1.29, 1.82) is 0 Å². The topological polar surface area (TPSA) is 69.7 Å². The highest BCUT2D eigenvalue weighted by molar-refractivity contribution is 6.35. The van der Waals surface area contributed by atoms with E-state index in [1.54, 1.807) is 26.0 Å². The van der Waals surface area contributed by atoms with E-state index in [9.17, 15) is 14.4 Å². The van der Waals surface area contributed by atoms with Crippen LogP contribution in [0, 0.1) is 5.92 Å². The normalized spacial score (nSPS) is 22.4. The van der Waals surface area contributed by atoms with E-state index in [0.717, 1.165) is 6.42 Å². The Balaban J connectivity index is 2.37. The number of ether oxygens (including phenoxy) is 2. The number of carbonyl (C=O) groups excluding carboxylic acids is 3. The minimum atomic E-state index is -0.695. The molecule has 1 unspecified atom stereocenters. The van der Waals surface area contributed by atoms with Crippen molar-refractivity contribution < 1.29 is 23.9 Å². The molecule has 0 amide bonds. The number of allylic oxidation sites excluding steroid dienone is 5. The molecule has 26 heavy (non-hydrogen) atoms. The van der Waals surface area contributed by atoms with Gasteiger partial charge in [-0.25, -0.2) is 0 Å². The summed E-state index contributed by atoms with van der Waals surface area (Å²) in [5.74, 6) is -2.15. The summed E-state index contributed by atoms with van der Waals surface area (Å²) >= 11 is 0. The van der Waals surface area contributed by atoms with E-state index in [1.165, 1.54) is 12.7 Å². The van der Waals surface area contributed by atoms with Crippen molar-refractivity contribution in [1.82, 2.24) is 0 Å². The molecule has 0 saturated carbocycles. The van der Waals surface area contributed by atoms with Gasteiger partial charge in [-0.15, -0.1) is 0 Å². The third kappa shape index (κ3) is 3.71. The predicted octanol–water partition coefficient (Wildman–Crippen LogP) is 3.61. The second kappa shape index (κ2) is 7.44. The lowest BCUT2D eigenvalue weighted by atomic mass is 9.84. The summed E-state index contributed by atoms with van der Waals surface area (Å²) in [7, 11) is 1.28. The fourth-order valence-corrected chi connectivity index (χ4v) is 2.95. The van der Waals surface area contributed by atoms with Crippen molar-refractivity contribution >= 4 is 17.3 Å². The SMILES string of the molecule is COC1=C(C(=O)C(C)C)C(=O)C2=C(OC(C)(CCC=C(C)C)C=C2)C1=O. The van der Waals surface area contributed by atoms with Crippen molar-refractivity contribution in [3.63, 3.8) is 0 Å². The van der Waals surface area contributed by atoms with E-state index in [-0.39, 0.29) is 22.7 Å². The number of methoxy groups -OCH3 is 1. The largest absolute Gasteiger partial charge is 0.492 e. The maximum atomic E-state index is 12.8. The highest BCUT2D eigenvalue weighted by Gasteiger charge is 2.43. The van der Waals surface area contributed by atoms with Gasteiger partial charge in [0, 0.05) is 5.92 Å². The Labute approximate surface area is 154 Å². The average Bonchev–Trinajstić information content (AvgIpc) is 2.56. The van der Waals surface area contributed by atoms with Gasteiger partial charge in [-0.05, 0) is 45.8 Å². The molecule has 0 N–H and O–H groups in total. The Morgan fingerprint density at radius 2 is 1.92 bits per heavy atom. The van der Waals surface area contributed by atoms with Crippen LogP contribution >= 0.6 is 0 Å². The van der Waals surface area contributed by atoms with Gasteiger partial charge >= 0.3 is 0 Å². The molecule has 1 heterocycles. The summed E-state index contributed by atoms with van der Waals surface area (Å²) in [5, 5.41) is 0. The third-order valence-electron chi connectivity index (χ3n) is 4.46. The van der Waals surface area contributed by atoms with Gasteiger partial charge in [0.1, 0.15) is 11.2 Å². The predicted molar refractivity (Wildman–Crippen MR) is 98.2 cm³/mol. The zero-order chi connectivity index (χ0) is 19.6. The molecular formula is C21H26O5. The zero-order valence-corrected chi connectivity index (χ0v) is 16.3. The van der Waals surface area contributed by atoms with E-state index in [4.69, 9.17) is 9.47 Å². The van der Waals surface area contributed by atoms with Crippen LogP contribution in [0.4, 0.5) is 0 Å². The van der Waals surface area contributed by atoms with Crippen LogP contribution in [0.3, 0.4) is 0 Å². The minimum Gasteiger partial charge on any atom is -0.492 e. The van der Waals surface area contributed by atoms with Crippen molar-refractivity contribution in [3.8, 4) is 0 Å². The van der Waals surface area contributed by atoms with Gasteiger partial charge in [-0.1, -0.05) is 25.5 Å². The molecule has 0 radical (unpaired) electrons. The monoisotopic (exact) mass is 358 g/mol. The van der Waals surface area contributed by atoms with Crippen molar-refractivity contribution in [3.05, 3.63) is 46.5 Å². The number of Topliss-reactive ketones (excluding diaryl/α,β-unsaturated/α-hetero) is 3. The first kappa shape index (κ1) is 19.9. The fourth-order valence-electron chi connectivity index (χ4n) is 2.95. The Kier molecular flexibility index (Phi) is 5.69. The standard InChI is InChI=1S/C21H26O5/c1-12(2)8-7-10-21(5)11-9-14-17(23)15(16(22)13(3)4)20(25-6)18(24)19(14)26-21/h8-9,11,13H,7,10H2,1-6H3. The lowest BCUT2D eigenvalue weighted by molar-refractivity contribution is -0.127. The molecule has 0 aromatic rings. The molecule has 0 spiro atoms. The first-order valence-electron chi connectivity index (χ1n) is 8.79. The van der Waals surface area contributed by atoms with Crippen LogP contribution < -0.4 is 0 Å². The molecule has 0 aromatic heterocycles. The first-order valence-corrected chi connectivity index (χ1v) is 8.79. The third-order valence-corrected chi connectivity index (χ3v) is 4.46. The van der Waals surface area contributed by atoms with Gasteiger partial charge in [-0.2, -0.15) is 0 Å². The van der Waals surface area contributed by atoms with E-state index in [2.05, 4.69) is 6.08 Å². The van der Waals surface area contributed by atoms with E-state index in [1.807, 2.05) is 20.8 Å². The highest BCUT2D eigenvalue weighted by Crippen LogP contribution is 2.37. The van der Waals surface area contributed by atoms with Gasteiger partial charge in [0.2, 0.25) is 5.78 Å². The maximum absolute atomic E-state index is 12.8. The van der Waals surface area contributed by atoms with Crippen LogP contribution in [-0.4, -0.2) is 30.1 Å². The summed E-state index contributed by atoms with van der Waals surface area (Å²) < 4.78 is 11.1. The van der Waals surface area contributed by atoms with Crippen LogP contribution in [0.25, 0.3) is 0 Å². The van der Waals surface area contributed by atoms with E-state index in [0.29, 0.717) is 6.42 Å². The van der Waals surface area contributed by atoms with E-state index < -0.39 is 28.9 Å². The fraction of sp³-hybridized carbons (Fsp3) is 0.476. The maximum Gasteiger partial charge on any atom is 0.263 e. The van der Waals surface area contributed by atoms with Crippen molar-refractivity contribution in [2.75, 3.05) is 7.11 Å². The molecule has 0 aromatic carbocycles. The van der Waals surface area contributed by atoms with Gasteiger partial charge in [0.05, 0.1) is 12.7 Å². The molecule has 140 valence electrons. The van der Waals surface area contributed by atoms with Gasteiger partial charge in [0.15, 0.2) is 17.3 Å². The number of hydrogen-bond donors (Lipinski definition) is 0. The highest BCUT2D eigenvalue weighted by atomic mass is 16.5. The second-order valence-electron chi connectivity index (χ2n) is 7.40. The molecule has 0 saturated heterocycles. The number of rotatable bonds is 6. The van der Waals surface area contributed by atoms with E-state index >= 15 is 0 Å². The summed E-state index contributed by atoms with van der Waals surface area (Å²) in [6.07, 6.45) is 6.93. The Morgan fingerprint density at radius 3 is 2.46 bits per heavy atom. The minimum absolute atomic E-state index is 0.0330. The van der Waals surface area contributed by atoms with Crippen molar-refractivity contribution in [2.24, 2.45) is 5.92 Å². The Bertz CT molecular complexity index is 772. The number of hydrogen-bond acceptors (Lipinski definition) is 5. The first-order chi connectivity index (χ1) is 12.1. The van der Waals surface area contributed by atoms with Crippen LogP contribution in [0.15, 0.2) is 46.5 Å². The molecular weight excluding hydrogens is 332 g/mol. The summed E-state index contributed by atoms with van der Waals surface area (Å²) in [5.41, 5.74) is 0.449. The molecule has 2 aliphatic rings. The molecule has 1 aliphatic carbocycles. The second-order valence-corrected chi connectivity index (χ2v) is 7.40. The van der Waals surface area contributed by atoms with Gasteiger partial charge in [0.25, 0.3) is 5.78 Å². The molecule has 5 nitrogen and oxygen atoms in total. The van der Waals surface area contributed by atoms with Crippen molar-refractivity contribution in [2.45, 2.75) is 53.1 Å². The quantitative estimate of drug-likeness (QED) is 0.412. The molecule has 0 fully saturated rings. The van der Waals surface area contributed by atoms with Crippen LogP contribution in [0.5, 0.6) is 0 Å². The molecule has 1 atom stereocenters. The lowest BCUT2D eigenvalue weighted by Crippen LogP contribution is -2.37. The zero-order valence-electron chi connectivity index (χ0n) is 16.3. The molecule has 2 rings (SSSR count). The van der Waals surface area contributed by atoms with Gasteiger partial charge < -0.3 is 9.47 Å². The molecule has 1 aliphatic heterocycles. The molecule has 0 bridgehead atoms. The summed E-state index contributed by atoms with van der Waals surface area (Å²) in [6, 6.07) is 0. The summed E-state index contributed by atoms with van der Waals surface area (Å²) in [6.45, 7) is 9.27. The van der Waals surface area contributed by atoms with Crippen LogP contribution in [0.2, 0.25) is 0 Å². The Hall–Kier alpha value is -2.43. The van der Waals surface area contributed by atoms with Crippen LogP contribution in [-0.2, 0) is 23.9 Å². The summed E-state index contributed by atoms with van der Waals surface area (Å²) in [4.78, 5) is 38.1. The average molecular weight is 358 g/mol. The number of ketones is 3. The number of carbonyl (C=O) groups is 3. The van der Waals surface area contributed by atoms with Gasteiger partial charge in [-0.3, -0.25) is 14.4 Å².